The van der Waals surface area contributed by atoms with Gasteiger partial charge in [0.1, 0.15) is 5.00 Å². The molecule has 2 aromatic rings. The van der Waals surface area contributed by atoms with E-state index >= 15 is 0 Å². The molecule has 1 aliphatic carbocycles. The predicted octanol–water partition coefficient (Wildman–Crippen LogP) is 2.44. The van der Waals surface area contributed by atoms with Gasteiger partial charge in [0, 0.05) is 4.88 Å². The second-order valence-electron chi connectivity index (χ2n) is 7.80. The van der Waals surface area contributed by atoms with Gasteiger partial charge in [0.15, 0.2) is 0 Å². The fraction of sp³-hybridized carbons (Fsp3) is 0.588. The number of thiophene rings is 1. The van der Waals surface area contributed by atoms with Gasteiger partial charge >= 0.3 is 0 Å². The van der Waals surface area contributed by atoms with Crippen molar-refractivity contribution in [2.75, 3.05) is 11.1 Å². The monoisotopic (exact) mass is 408 g/mol. The van der Waals surface area contributed by atoms with Gasteiger partial charge in [-0.3, -0.25) is 9.59 Å². The summed E-state index contributed by atoms with van der Waals surface area (Å²) in [4.78, 5) is 25.6. The van der Waals surface area contributed by atoms with Crippen LogP contribution in [0, 0.1) is 5.92 Å². The van der Waals surface area contributed by atoms with E-state index in [1.54, 1.807) is 4.68 Å². The van der Waals surface area contributed by atoms with Crippen molar-refractivity contribution in [3.63, 3.8) is 0 Å². The van der Waals surface area contributed by atoms with Crippen molar-refractivity contribution >= 4 is 39.9 Å². The zero-order valence-corrected chi connectivity index (χ0v) is 17.5. The molecular weight excluding hydrogens is 384 g/mol. The standard InChI is InChI=1S/C17H24N6O2S2/c1-9-5-6-10-11(7-9)27-15(13(10)14(18)25)19-12(24)8-26-16-20-21-22-23(16)17(2,3)4/h9H,5-8H2,1-4H3,(H2,18,25)(H,19,24)/t9-/m0/s1. The number of amides is 2. The number of nitrogens with two attached hydrogens (primary N) is 1. The molecule has 0 saturated heterocycles. The first-order chi connectivity index (χ1) is 12.7. The Morgan fingerprint density at radius 1 is 1.41 bits per heavy atom. The number of fused-ring (bicyclic) bond motifs is 1. The Kier molecular flexibility index (Phi) is 5.57. The van der Waals surface area contributed by atoms with Crippen LogP contribution in [-0.2, 0) is 23.2 Å². The SMILES string of the molecule is C[C@H]1CCc2c(sc(NC(=O)CSc3nnnn3C(C)(C)C)c2C(N)=O)C1. The highest BCUT2D eigenvalue weighted by atomic mass is 32.2. The van der Waals surface area contributed by atoms with Gasteiger partial charge in [-0.05, 0) is 61.9 Å². The highest BCUT2D eigenvalue weighted by Crippen LogP contribution is 2.39. The molecule has 8 nitrogen and oxygen atoms in total. The van der Waals surface area contributed by atoms with E-state index in [-0.39, 0.29) is 17.2 Å². The van der Waals surface area contributed by atoms with Crippen molar-refractivity contribution < 1.29 is 9.59 Å². The van der Waals surface area contributed by atoms with E-state index in [1.165, 1.54) is 23.1 Å². The Hall–Kier alpha value is -1.94. The fourth-order valence-corrected chi connectivity index (χ4v) is 5.37. The lowest BCUT2D eigenvalue weighted by atomic mass is 9.88. The number of tetrazole rings is 1. The second kappa shape index (κ2) is 7.59. The Morgan fingerprint density at radius 2 is 2.15 bits per heavy atom. The molecule has 0 saturated carbocycles. The molecule has 1 atom stereocenters. The maximum atomic E-state index is 12.5. The van der Waals surface area contributed by atoms with E-state index in [4.69, 9.17) is 5.73 Å². The summed E-state index contributed by atoms with van der Waals surface area (Å²) in [6, 6.07) is 0. The summed E-state index contributed by atoms with van der Waals surface area (Å²) in [6.07, 6.45) is 2.78. The largest absolute Gasteiger partial charge is 0.365 e. The van der Waals surface area contributed by atoms with E-state index < -0.39 is 5.91 Å². The number of carbonyl (C=O) groups is 2. The van der Waals surface area contributed by atoms with E-state index in [1.807, 2.05) is 20.8 Å². The lowest BCUT2D eigenvalue weighted by molar-refractivity contribution is -0.113. The van der Waals surface area contributed by atoms with Crippen LogP contribution in [0.1, 0.15) is 54.9 Å². The first-order valence-corrected chi connectivity index (χ1v) is 10.6. The first kappa shape index (κ1) is 19.8. The molecule has 2 heterocycles. The molecule has 0 aromatic carbocycles. The molecule has 146 valence electrons. The molecule has 0 spiro atoms. The topological polar surface area (TPSA) is 116 Å². The number of rotatable bonds is 5. The van der Waals surface area contributed by atoms with Crippen LogP contribution in [-0.4, -0.2) is 37.8 Å². The van der Waals surface area contributed by atoms with Crippen molar-refractivity contribution in [3.8, 4) is 0 Å². The van der Waals surface area contributed by atoms with Crippen LogP contribution in [0.2, 0.25) is 0 Å². The summed E-state index contributed by atoms with van der Waals surface area (Å²) >= 11 is 2.73. The van der Waals surface area contributed by atoms with Crippen LogP contribution in [0.15, 0.2) is 5.16 Å². The molecule has 1 aliphatic rings. The van der Waals surface area contributed by atoms with E-state index in [2.05, 4.69) is 27.8 Å². The maximum Gasteiger partial charge on any atom is 0.251 e. The van der Waals surface area contributed by atoms with Gasteiger partial charge in [0.25, 0.3) is 5.91 Å². The Balaban J connectivity index is 1.72. The minimum atomic E-state index is -0.485. The fourth-order valence-electron chi connectivity index (χ4n) is 3.08. The van der Waals surface area contributed by atoms with Crippen molar-refractivity contribution in [1.82, 2.24) is 20.2 Å². The van der Waals surface area contributed by atoms with Gasteiger partial charge in [-0.25, -0.2) is 4.68 Å². The molecule has 2 aromatic heterocycles. The van der Waals surface area contributed by atoms with Gasteiger partial charge in [-0.1, -0.05) is 18.7 Å². The van der Waals surface area contributed by atoms with Crippen molar-refractivity contribution in [2.45, 2.75) is 57.7 Å². The zero-order chi connectivity index (χ0) is 19.8. The highest BCUT2D eigenvalue weighted by Gasteiger charge is 2.27. The third kappa shape index (κ3) is 4.32. The molecule has 0 bridgehead atoms. The molecule has 10 heteroatoms. The summed E-state index contributed by atoms with van der Waals surface area (Å²) in [5.41, 5.74) is 6.80. The van der Waals surface area contributed by atoms with Gasteiger partial charge in [0.05, 0.1) is 16.9 Å². The molecule has 27 heavy (non-hydrogen) atoms. The Labute approximate surface area is 166 Å². The minimum absolute atomic E-state index is 0.146. The lowest BCUT2D eigenvalue weighted by Crippen LogP contribution is -2.25. The normalized spacial score (nSPS) is 16.8. The number of thioether (sulfide) groups is 1. The number of hydrogen-bond donors (Lipinski definition) is 2. The first-order valence-electron chi connectivity index (χ1n) is 8.82. The van der Waals surface area contributed by atoms with Gasteiger partial charge < -0.3 is 11.1 Å². The average molecular weight is 409 g/mol. The van der Waals surface area contributed by atoms with Crippen LogP contribution in [0.5, 0.6) is 0 Å². The van der Waals surface area contributed by atoms with Gasteiger partial charge in [-0.15, -0.1) is 16.4 Å². The van der Waals surface area contributed by atoms with Crippen LogP contribution in [0.4, 0.5) is 5.00 Å². The Bertz CT molecular complexity index is 867. The quantitative estimate of drug-likeness (QED) is 0.734. The number of anilines is 1. The number of nitrogens with one attached hydrogen (secondary N) is 1. The van der Waals surface area contributed by atoms with Crippen LogP contribution < -0.4 is 11.1 Å². The summed E-state index contributed by atoms with van der Waals surface area (Å²) < 4.78 is 1.69. The van der Waals surface area contributed by atoms with Crippen LogP contribution >= 0.6 is 23.1 Å². The highest BCUT2D eigenvalue weighted by molar-refractivity contribution is 7.99. The number of nitrogens with zero attached hydrogens (tertiary/aromatic N) is 4. The van der Waals surface area contributed by atoms with Crippen molar-refractivity contribution in [1.29, 1.82) is 0 Å². The molecule has 3 N–H and O–H groups in total. The van der Waals surface area contributed by atoms with Gasteiger partial charge in [-0.2, -0.15) is 0 Å². The van der Waals surface area contributed by atoms with E-state index in [9.17, 15) is 9.59 Å². The average Bonchev–Trinajstić information content (AvgIpc) is 3.15. The lowest BCUT2D eigenvalue weighted by Gasteiger charge is -2.19. The number of hydrogen-bond acceptors (Lipinski definition) is 7. The van der Waals surface area contributed by atoms with Crippen molar-refractivity contribution in [2.24, 2.45) is 11.7 Å². The number of primary amides is 1. The third-order valence-corrected chi connectivity index (χ3v) is 6.51. The molecular formula is C17H24N6O2S2. The maximum absolute atomic E-state index is 12.5. The smallest absolute Gasteiger partial charge is 0.251 e. The zero-order valence-electron chi connectivity index (χ0n) is 15.9. The molecule has 0 aliphatic heterocycles. The minimum Gasteiger partial charge on any atom is -0.365 e. The third-order valence-electron chi connectivity index (χ3n) is 4.42. The van der Waals surface area contributed by atoms with Crippen molar-refractivity contribution in [3.05, 3.63) is 16.0 Å². The second-order valence-corrected chi connectivity index (χ2v) is 9.85. The van der Waals surface area contributed by atoms with Gasteiger partial charge in [0.2, 0.25) is 11.1 Å². The summed E-state index contributed by atoms with van der Waals surface area (Å²) in [5, 5.41) is 15.7. The molecule has 0 radical (unpaired) electrons. The van der Waals surface area contributed by atoms with Crippen LogP contribution in [0.25, 0.3) is 0 Å². The van der Waals surface area contributed by atoms with Crippen LogP contribution in [0.3, 0.4) is 0 Å². The van der Waals surface area contributed by atoms with E-state index in [0.29, 0.717) is 21.6 Å². The summed E-state index contributed by atoms with van der Waals surface area (Å²) in [5.74, 6) is 0.0275. The molecule has 0 fully saturated rings. The molecule has 0 unspecified atom stereocenters. The molecule has 3 rings (SSSR count). The van der Waals surface area contributed by atoms with E-state index in [0.717, 1.165) is 29.7 Å². The predicted molar refractivity (Wildman–Crippen MR) is 106 cm³/mol. The summed E-state index contributed by atoms with van der Waals surface area (Å²) in [7, 11) is 0. The number of aromatic nitrogens is 4. The summed E-state index contributed by atoms with van der Waals surface area (Å²) in [6.45, 7) is 8.16. The Morgan fingerprint density at radius 3 is 2.81 bits per heavy atom. The number of carbonyl (C=O) groups excluding carboxylic acids is 2. The molecule has 2 amide bonds.